The van der Waals surface area contributed by atoms with E-state index in [2.05, 4.69) is 26.1 Å². The summed E-state index contributed by atoms with van der Waals surface area (Å²) in [5.41, 5.74) is 6.80. The maximum Gasteiger partial charge on any atom is 0.224 e. The van der Waals surface area contributed by atoms with Gasteiger partial charge >= 0.3 is 0 Å². The van der Waals surface area contributed by atoms with Gasteiger partial charge in [-0.2, -0.15) is 11.8 Å². The molecule has 1 aromatic rings. The molecule has 0 aliphatic heterocycles. The number of hydrogen-bond donors (Lipinski definition) is 2. The van der Waals surface area contributed by atoms with E-state index in [1.807, 2.05) is 11.8 Å². The van der Waals surface area contributed by atoms with Crippen molar-refractivity contribution >= 4 is 40.6 Å². The zero-order valence-corrected chi connectivity index (χ0v) is 13.2. The molecule has 0 atom stereocenters. The second kappa shape index (κ2) is 7.06. The fraction of sp³-hybridized carbons (Fsp3) is 0.500. The molecule has 3 nitrogen and oxygen atoms in total. The lowest BCUT2D eigenvalue weighted by Gasteiger charge is -2.17. The number of carbonyl (C=O) groups is 1. The van der Waals surface area contributed by atoms with Crippen molar-refractivity contribution in [3.63, 3.8) is 0 Å². The fourth-order valence-corrected chi connectivity index (χ4v) is 2.59. The number of rotatable bonds is 5. The Morgan fingerprint density at radius 2 is 2.11 bits per heavy atom. The zero-order valence-electron chi connectivity index (χ0n) is 11.6. The Labute approximate surface area is 124 Å². The van der Waals surface area contributed by atoms with E-state index in [0.29, 0.717) is 22.8 Å². The minimum atomic E-state index is -0.0128. The summed E-state index contributed by atoms with van der Waals surface area (Å²) in [7, 11) is 0. The molecule has 3 N–H and O–H groups in total. The lowest BCUT2D eigenvalue weighted by molar-refractivity contribution is -0.116. The van der Waals surface area contributed by atoms with Crippen molar-refractivity contribution in [2.24, 2.45) is 0 Å². The predicted octanol–water partition coefficient (Wildman–Crippen LogP) is 4.17. The van der Waals surface area contributed by atoms with Crippen LogP contribution in [0, 0.1) is 0 Å². The van der Waals surface area contributed by atoms with Crippen LogP contribution in [-0.2, 0) is 4.79 Å². The average molecular weight is 301 g/mol. The number of halogens is 1. The molecule has 0 radical (unpaired) electrons. The average Bonchev–Trinajstić information content (AvgIpc) is 2.27. The summed E-state index contributed by atoms with van der Waals surface area (Å²) in [4.78, 5) is 11.8. The number of carbonyl (C=O) groups excluding carboxylic acids is 1. The highest BCUT2D eigenvalue weighted by Crippen LogP contribution is 2.25. The molecule has 0 aliphatic carbocycles. The number of nitrogens with one attached hydrogen (secondary N) is 1. The van der Waals surface area contributed by atoms with Crippen molar-refractivity contribution in [2.75, 3.05) is 16.8 Å². The van der Waals surface area contributed by atoms with Crippen LogP contribution in [0.2, 0.25) is 5.02 Å². The maximum atomic E-state index is 11.8. The Balaban J connectivity index is 2.35. The molecular formula is C14H21ClN2OS. The van der Waals surface area contributed by atoms with Gasteiger partial charge in [0.05, 0.1) is 10.7 Å². The fourth-order valence-electron chi connectivity index (χ4n) is 1.46. The lowest BCUT2D eigenvalue weighted by atomic mass is 10.2. The van der Waals surface area contributed by atoms with E-state index >= 15 is 0 Å². The van der Waals surface area contributed by atoms with Gasteiger partial charge in [-0.05, 0) is 30.4 Å². The molecule has 0 spiro atoms. The standard InChI is InChI=1S/C14H21ClN2OS/c1-14(2,3)19-8-4-5-13(18)17-12-7-6-10(16)9-11(12)15/h6-7,9H,4-5,8,16H2,1-3H3,(H,17,18). The summed E-state index contributed by atoms with van der Waals surface area (Å²) in [6.45, 7) is 6.52. The summed E-state index contributed by atoms with van der Waals surface area (Å²) < 4.78 is 0.247. The molecule has 0 bridgehead atoms. The number of nitrogen functional groups attached to an aromatic ring is 1. The Bertz CT molecular complexity index is 444. The van der Waals surface area contributed by atoms with Crippen molar-refractivity contribution in [3.05, 3.63) is 23.2 Å². The molecule has 0 heterocycles. The van der Waals surface area contributed by atoms with E-state index < -0.39 is 0 Å². The van der Waals surface area contributed by atoms with Gasteiger partial charge in [0.15, 0.2) is 0 Å². The molecule has 1 aromatic carbocycles. The van der Waals surface area contributed by atoms with Gasteiger partial charge in [0.2, 0.25) is 5.91 Å². The molecule has 0 aliphatic rings. The molecular weight excluding hydrogens is 280 g/mol. The van der Waals surface area contributed by atoms with Crippen LogP contribution >= 0.6 is 23.4 Å². The minimum absolute atomic E-state index is 0.0128. The van der Waals surface area contributed by atoms with Gasteiger partial charge in [-0.15, -0.1) is 0 Å². The van der Waals surface area contributed by atoms with Gasteiger partial charge in [0.1, 0.15) is 0 Å². The minimum Gasteiger partial charge on any atom is -0.399 e. The van der Waals surface area contributed by atoms with Crippen molar-refractivity contribution in [2.45, 2.75) is 38.4 Å². The molecule has 0 fully saturated rings. The van der Waals surface area contributed by atoms with Crippen LogP contribution in [0.1, 0.15) is 33.6 Å². The van der Waals surface area contributed by atoms with E-state index in [9.17, 15) is 4.79 Å². The van der Waals surface area contributed by atoms with Gasteiger partial charge in [-0.3, -0.25) is 4.79 Å². The Morgan fingerprint density at radius 3 is 2.68 bits per heavy atom. The molecule has 106 valence electrons. The maximum absolute atomic E-state index is 11.8. The third-order valence-corrected chi connectivity index (χ3v) is 4.02. The zero-order chi connectivity index (χ0) is 14.5. The third kappa shape index (κ3) is 6.73. The summed E-state index contributed by atoms with van der Waals surface area (Å²) >= 11 is 7.86. The van der Waals surface area contributed by atoms with Crippen LogP contribution in [0.3, 0.4) is 0 Å². The Morgan fingerprint density at radius 1 is 1.42 bits per heavy atom. The van der Waals surface area contributed by atoms with Crippen LogP contribution in [-0.4, -0.2) is 16.4 Å². The van der Waals surface area contributed by atoms with Crippen LogP contribution in [0.5, 0.6) is 0 Å². The second-order valence-corrected chi connectivity index (χ2v) is 7.68. The number of thioether (sulfide) groups is 1. The van der Waals surface area contributed by atoms with Crippen LogP contribution in [0.15, 0.2) is 18.2 Å². The van der Waals surface area contributed by atoms with Crippen molar-refractivity contribution in [1.29, 1.82) is 0 Å². The van der Waals surface area contributed by atoms with Gasteiger partial charge in [-0.1, -0.05) is 32.4 Å². The van der Waals surface area contributed by atoms with E-state index in [4.69, 9.17) is 17.3 Å². The van der Waals surface area contributed by atoms with Gasteiger partial charge in [0.25, 0.3) is 0 Å². The molecule has 5 heteroatoms. The van der Waals surface area contributed by atoms with Crippen LogP contribution in [0.25, 0.3) is 0 Å². The van der Waals surface area contributed by atoms with Crippen LogP contribution < -0.4 is 11.1 Å². The first-order valence-electron chi connectivity index (χ1n) is 6.27. The first-order valence-corrected chi connectivity index (χ1v) is 7.63. The van der Waals surface area contributed by atoms with Gasteiger partial charge in [-0.25, -0.2) is 0 Å². The van der Waals surface area contributed by atoms with Gasteiger partial charge in [0, 0.05) is 16.9 Å². The van der Waals surface area contributed by atoms with E-state index in [-0.39, 0.29) is 10.7 Å². The first kappa shape index (κ1) is 16.2. The molecule has 0 saturated carbocycles. The highest BCUT2D eigenvalue weighted by atomic mass is 35.5. The molecule has 0 saturated heterocycles. The second-order valence-electron chi connectivity index (χ2n) is 5.35. The number of benzene rings is 1. The molecule has 0 aromatic heterocycles. The Hall–Kier alpha value is -0.870. The van der Waals surface area contributed by atoms with E-state index in [1.165, 1.54) is 0 Å². The summed E-state index contributed by atoms with van der Waals surface area (Å²) in [6, 6.07) is 5.07. The summed E-state index contributed by atoms with van der Waals surface area (Å²) in [5.74, 6) is 0.966. The number of hydrogen-bond acceptors (Lipinski definition) is 3. The van der Waals surface area contributed by atoms with Crippen molar-refractivity contribution in [3.8, 4) is 0 Å². The van der Waals surface area contributed by atoms with Crippen LogP contribution in [0.4, 0.5) is 11.4 Å². The topological polar surface area (TPSA) is 55.1 Å². The largest absolute Gasteiger partial charge is 0.399 e. The Kier molecular flexibility index (Phi) is 6.01. The number of amides is 1. The summed E-state index contributed by atoms with van der Waals surface area (Å²) in [5, 5.41) is 3.27. The van der Waals surface area contributed by atoms with Crippen molar-refractivity contribution in [1.82, 2.24) is 0 Å². The monoisotopic (exact) mass is 300 g/mol. The SMILES string of the molecule is CC(C)(C)SCCCC(=O)Nc1ccc(N)cc1Cl. The number of anilines is 2. The summed E-state index contributed by atoms with van der Waals surface area (Å²) in [6.07, 6.45) is 1.37. The molecule has 1 amide bonds. The molecule has 0 unspecified atom stereocenters. The van der Waals surface area contributed by atoms with E-state index in [1.54, 1.807) is 18.2 Å². The third-order valence-electron chi connectivity index (χ3n) is 2.35. The smallest absolute Gasteiger partial charge is 0.224 e. The van der Waals surface area contributed by atoms with E-state index in [0.717, 1.165) is 12.2 Å². The number of nitrogens with two attached hydrogens (primary N) is 1. The normalized spacial score (nSPS) is 11.4. The quantitative estimate of drug-likeness (QED) is 0.634. The first-order chi connectivity index (χ1) is 8.78. The molecule has 1 rings (SSSR count). The lowest BCUT2D eigenvalue weighted by Crippen LogP contribution is -2.13. The highest BCUT2D eigenvalue weighted by molar-refractivity contribution is 8.00. The molecule has 19 heavy (non-hydrogen) atoms. The predicted molar refractivity (Wildman–Crippen MR) is 85.9 cm³/mol. The highest BCUT2D eigenvalue weighted by Gasteiger charge is 2.11. The van der Waals surface area contributed by atoms with Crippen molar-refractivity contribution < 1.29 is 4.79 Å². The van der Waals surface area contributed by atoms with Gasteiger partial charge < -0.3 is 11.1 Å².